The number of nitrogens with zero attached hydrogens (tertiary/aromatic N) is 1. The normalized spacial score (nSPS) is 10.8. The van der Waals surface area contributed by atoms with Gasteiger partial charge in [-0.05, 0) is 79.4 Å². The third kappa shape index (κ3) is 7.20. The second-order valence-electron chi connectivity index (χ2n) is 8.03. The van der Waals surface area contributed by atoms with Gasteiger partial charge in [-0.1, -0.05) is 48.5 Å². The summed E-state index contributed by atoms with van der Waals surface area (Å²) in [5.74, 6) is 0.763. The molecule has 9 heteroatoms. The van der Waals surface area contributed by atoms with E-state index in [4.69, 9.17) is 14.2 Å². The van der Waals surface area contributed by atoms with Gasteiger partial charge in [0.2, 0.25) is 0 Å². The van der Waals surface area contributed by atoms with E-state index in [0.29, 0.717) is 49.5 Å². The lowest BCUT2D eigenvalue weighted by Crippen LogP contribution is -2.17. The van der Waals surface area contributed by atoms with E-state index in [1.54, 1.807) is 48.5 Å². The van der Waals surface area contributed by atoms with Gasteiger partial charge in [0.1, 0.15) is 24.8 Å². The van der Waals surface area contributed by atoms with Crippen molar-refractivity contribution in [2.75, 3.05) is 7.11 Å². The molecule has 0 fully saturated rings. The predicted molar refractivity (Wildman–Crippen MR) is 151 cm³/mol. The minimum atomic E-state index is -0.405. The lowest BCUT2D eigenvalue weighted by atomic mass is 10.2. The van der Waals surface area contributed by atoms with Crippen LogP contribution in [0.4, 0.5) is 4.39 Å². The number of ether oxygens (including phenoxy) is 3. The van der Waals surface area contributed by atoms with Crippen LogP contribution in [0, 0.1) is 5.82 Å². The third-order valence-corrected chi connectivity index (χ3v) is 6.57. The number of hydrogen-bond acceptors (Lipinski definition) is 5. The molecule has 0 aromatic heterocycles. The highest BCUT2D eigenvalue weighted by atomic mass is 79.9. The number of rotatable bonds is 10. The van der Waals surface area contributed by atoms with Gasteiger partial charge in [-0.15, -0.1) is 0 Å². The molecule has 0 spiro atoms. The van der Waals surface area contributed by atoms with Crippen LogP contribution in [0.5, 0.6) is 17.2 Å². The maximum absolute atomic E-state index is 13.9. The Morgan fingerprint density at radius 3 is 2.32 bits per heavy atom. The van der Waals surface area contributed by atoms with Crippen LogP contribution in [-0.2, 0) is 13.2 Å². The Morgan fingerprint density at radius 2 is 1.61 bits per heavy atom. The number of halogens is 3. The average Bonchev–Trinajstić information content (AvgIpc) is 2.92. The number of nitrogens with one attached hydrogen (secondary N) is 1. The van der Waals surface area contributed by atoms with Gasteiger partial charge in [0.25, 0.3) is 5.91 Å². The van der Waals surface area contributed by atoms with Crippen LogP contribution in [0.3, 0.4) is 0 Å². The molecule has 6 nitrogen and oxygen atoms in total. The lowest BCUT2D eigenvalue weighted by Gasteiger charge is -2.12. The number of hydrogen-bond donors (Lipinski definition) is 1. The molecule has 0 aliphatic carbocycles. The Labute approximate surface area is 236 Å². The number of hydrazone groups is 1. The highest BCUT2D eigenvalue weighted by molar-refractivity contribution is 9.11. The smallest absolute Gasteiger partial charge is 0.271 e. The SMILES string of the molecule is COc1cc(C(=O)N/N=C/c2cc(Br)c(OCc3ccccc3F)c(Br)c2)ccc1OCc1ccccc1. The molecule has 1 amide bonds. The van der Waals surface area contributed by atoms with Gasteiger partial charge in [-0.2, -0.15) is 5.10 Å². The quantitative estimate of drug-likeness (QED) is 0.146. The summed E-state index contributed by atoms with van der Waals surface area (Å²) >= 11 is 6.95. The summed E-state index contributed by atoms with van der Waals surface area (Å²) < 4.78 is 32.2. The number of benzene rings is 4. The van der Waals surface area contributed by atoms with Crippen LogP contribution in [0.15, 0.2) is 99.0 Å². The molecular formula is C29H23Br2FN2O4. The molecule has 194 valence electrons. The van der Waals surface area contributed by atoms with Crippen molar-refractivity contribution >= 4 is 44.0 Å². The Hall–Kier alpha value is -3.69. The van der Waals surface area contributed by atoms with Crippen molar-refractivity contribution in [3.63, 3.8) is 0 Å². The van der Waals surface area contributed by atoms with Gasteiger partial charge in [0.15, 0.2) is 11.5 Å². The van der Waals surface area contributed by atoms with Gasteiger partial charge >= 0.3 is 0 Å². The fourth-order valence-electron chi connectivity index (χ4n) is 3.45. The van der Waals surface area contributed by atoms with Gasteiger partial charge in [-0.3, -0.25) is 4.79 Å². The van der Waals surface area contributed by atoms with E-state index in [0.717, 1.165) is 5.56 Å². The molecule has 0 bridgehead atoms. The van der Waals surface area contributed by atoms with E-state index in [2.05, 4.69) is 42.4 Å². The monoisotopic (exact) mass is 640 g/mol. The van der Waals surface area contributed by atoms with Crippen LogP contribution >= 0.6 is 31.9 Å². The Kier molecular flexibility index (Phi) is 9.51. The van der Waals surface area contributed by atoms with Gasteiger partial charge in [0, 0.05) is 11.1 Å². The summed E-state index contributed by atoms with van der Waals surface area (Å²) in [4.78, 5) is 12.6. The van der Waals surface area contributed by atoms with E-state index in [-0.39, 0.29) is 12.4 Å². The summed E-state index contributed by atoms with van der Waals surface area (Å²) in [6, 6.07) is 24.7. The second-order valence-corrected chi connectivity index (χ2v) is 9.74. The van der Waals surface area contributed by atoms with E-state index < -0.39 is 5.91 Å². The van der Waals surface area contributed by atoms with E-state index in [1.807, 2.05) is 30.3 Å². The Morgan fingerprint density at radius 1 is 0.895 bits per heavy atom. The molecule has 0 saturated heterocycles. The maximum Gasteiger partial charge on any atom is 0.271 e. The summed E-state index contributed by atoms with van der Waals surface area (Å²) in [5.41, 5.74) is 5.05. The van der Waals surface area contributed by atoms with Crippen LogP contribution in [0.2, 0.25) is 0 Å². The van der Waals surface area contributed by atoms with E-state index in [9.17, 15) is 9.18 Å². The van der Waals surface area contributed by atoms with Crippen molar-refractivity contribution in [3.8, 4) is 17.2 Å². The fourth-order valence-corrected chi connectivity index (χ4v) is 4.90. The molecule has 0 aliphatic heterocycles. The molecular weight excluding hydrogens is 619 g/mol. The minimum Gasteiger partial charge on any atom is -0.493 e. The highest BCUT2D eigenvalue weighted by Gasteiger charge is 2.12. The molecule has 0 heterocycles. The van der Waals surface area contributed by atoms with Crippen molar-refractivity contribution in [3.05, 3.63) is 122 Å². The molecule has 0 radical (unpaired) electrons. The van der Waals surface area contributed by atoms with Crippen molar-refractivity contribution in [2.24, 2.45) is 5.10 Å². The van der Waals surface area contributed by atoms with Crippen LogP contribution < -0.4 is 19.6 Å². The molecule has 0 saturated carbocycles. The number of methoxy groups -OCH3 is 1. The molecule has 0 atom stereocenters. The molecule has 4 rings (SSSR count). The molecule has 4 aromatic carbocycles. The summed E-state index contributed by atoms with van der Waals surface area (Å²) in [6.07, 6.45) is 1.50. The maximum atomic E-state index is 13.9. The zero-order valence-electron chi connectivity index (χ0n) is 20.3. The fraction of sp³-hybridized carbons (Fsp3) is 0.103. The van der Waals surface area contributed by atoms with E-state index >= 15 is 0 Å². The topological polar surface area (TPSA) is 69.2 Å². The third-order valence-electron chi connectivity index (χ3n) is 5.39. The molecule has 38 heavy (non-hydrogen) atoms. The van der Waals surface area contributed by atoms with Crippen LogP contribution in [0.25, 0.3) is 0 Å². The molecule has 1 N–H and O–H groups in total. The largest absolute Gasteiger partial charge is 0.493 e. The van der Waals surface area contributed by atoms with Crippen molar-refractivity contribution in [2.45, 2.75) is 13.2 Å². The second kappa shape index (κ2) is 13.2. The minimum absolute atomic E-state index is 0.0763. The zero-order chi connectivity index (χ0) is 26.9. The Balaban J connectivity index is 1.37. The zero-order valence-corrected chi connectivity index (χ0v) is 23.5. The van der Waals surface area contributed by atoms with Crippen LogP contribution in [0.1, 0.15) is 27.0 Å². The molecule has 4 aromatic rings. The predicted octanol–water partition coefficient (Wildman–Crippen LogP) is 7.28. The highest BCUT2D eigenvalue weighted by Crippen LogP contribution is 2.35. The van der Waals surface area contributed by atoms with Gasteiger partial charge < -0.3 is 14.2 Å². The number of carbonyl (C=O) groups is 1. The number of carbonyl (C=O) groups excluding carboxylic acids is 1. The average molecular weight is 642 g/mol. The van der Waals surface area contributed by atoms with Gasteiger partial charge in [-0.25, -0.2) is 9.82 Å². The van der Waals surface area contributed by atoms with Gasteiger partial charge in [0.05, 0.1) is 22.3 Å². The summed E-state index contributed by atoms with van der Waals surface area (Å²) in [7, 11) is 1.52. The lowest BCUT2D eigenvalue weighted by molar-refractivity contribution is 0.0954. The first-order chi connectivity index (χ1) is 18.4. The number of amides is 1. The van der Waals surface area contributed by atoms with Crippen molar-refractivity contribution in [1.29, 1.82) is 0 Å². The summed E-state index contributed by atoms with van der Waals surface area (Å²) in [6.45, 7) is 0.456. The first kappa shape index (κ1) is 27.3. The van der Waals surface area contributed by atoms with Crippen LogP contribution in [-0.4, -0.2) is 19.2 Å². The molecule has 0 aliphatic rings. The van der Waals surface area contributed by atoms with E-state index in [1.165, 1.54) is 19.4 Å². The Bertz CT molecular complexity index is 1420. The first-order valence-electron chi connectivity index (χ1n) is 11.5. The van der Waals surface area contributed by atoms with Crippen molar-refractivity contribution in [1.82, 2.24) is 5.43 Å². The summed E-state index contributed by atoms with van der Waals surface area (Å²) in [5, 5.41) is 4.06. The van der Waals surface area contributed by atoms with Crippen molar-refractivity contribution < 1.29 is 23.4 Å². The first-order valence-corrected chi connectivity index (χ1v) is 13.1. The molecule has 0 unspecified atom stereocenters. The standard InChI is InChI=1S/C29H23Br2FN2O4/c1-36-27-15-21(11-12-26(27)37-17-19-7-3-2-4-8-19)29(35)34-33-16-20-13-23(30)28(24(31)14-20)38-18-22-9-5-6-10-25(22)32/h2-16H,17-18H2,1H3,(H,34,35)/b33-16+.